The van der Waals surface area contributed by atoms with Gasteiger partial charge in [0.1, 0.15) is 18.1 Å². The van der Waals surface area contributed by atoms with Crippen molar-refractivity contribution in [3.05, 3.63) is 11.4 Å². The van der Waals surface area contributed by atoms with Gasteiger partial charge in [-0.3, -0.25) is 33.9 Å². The maximum atomic E-state index is 13.2. The summed E-state index contributed by atoms with van der Waals surface area (Å²) in [5.74, 6) is -2.70. The second-order valence-corrected chi connectivity index (χ2v) is 18.3. The lowest BCUT2D eigenvalue weighted by Gasteiger charge is -2.41. The van der Waals surface area contributed by atoms with E-state index >= 15 is 0 Å². The predicted molar refractivity (Wildman–Crippen MR) is 150 cm³/mol. The fraction of sp³-hybridized carbons (Fsp3) is 0.741. The van der Waals surface area contributed by atoms with Gasteiger partial charge < -0.3 is 20.9 Å². The first kappa shape index (κ1) is 31.8. The van der Waals surface area contributed by atoms with E-state index in [0.717, 1.165) is 27.2 Å². The highest BCUT2D eigenvalue weighted by molar-refractivity contribution is 6.76. The number of barbiturate groups is 1. The van der Waals surface area contributed by atoms with E-state index in [2.05, 4.69) is 19.6 Å². The summed E-state index contributed by atoms with van der Waals surface area (Å²) in [5, 5.41) is 0. The zero-order valence-corrected chi connectivity index (χ0v) is 25.7. The van der Waals surface area contributed by atoms with Crippen LogP contribution in [0.5, 0.6) is 0 Å². The average Bonchev–Trinajstić information content (AvgIpc) is 3.01. The number of urea groups is 1. The Morgan fingerprint density at radius 2 is 1.60 bits per heavy atom. The lowest BCUT2D eigenvalue weighted by molar-refractivity contribution is -0.150. The van der Waals surface area contributed by atoms with Gasteiger partial charge in [0.05, 0.1) is 11.5 Å². The molecule has 3 fully saturated rings. The SMILES string of the molecule is CCCCN1C(=O)C(=C(N)N)C(=O)N(C2CCC(OC3C(=O)N(COCC[Si](C)(C)C)C(=O)C3(C)C)CC2)C1=O. The van der Waals surface area contributed by atoms with Crippen molar-refractivity contribution in [3.63, 3.8) is 0 Å². The molecule has 2 saturated heterocycles. The molecule has 1 saturated carbocycles. The first-order chi connectivity index (χ1) is 18.6. The van der Waals surface area contributed by atoms with Gasteiger partial charge in [-0.1, -0.05) is 33.0 Å². The zero-order valence-electron chi connectivity index (χ0n) is 24.7. The van der Waals surface area contributed by atoms with E-state index in [1.807, 2.05) is 6.92 Å². The van der Waals surface area contributed by atoms with Gasteiger partial charge >= 0.3 is 6.03 Å². The number of unbranched alkanes of at least 4 members (excludes halogenated alkanes) is 1. The molecular formula is C27H45N5O7Si. The summed E-state index contributed by atoms with van der Waals surface area (Å²) in [6, 6.07) is -0.214. The molecule has 6 amide bonds. The smallest absolute Gasteiger partial charge is 0.334 e. The summed E-state index contributed by atoms with van der Waals surface area (Å²) in [4.78, 5) is 68.7. The van der Waals surface area contributed by atoms with Crippen LogP contribution < -0.4 is 11.5 Å². The van der Waals surface area contributed by atoms with Gasteiger partial charge in [-0.05, 0) is 52.0 Å². The molecule has 224 valence electrons. The van der Waals surface area contributed by atoms with Crippen LogP contribution in [-0.2, 0) is 28.7 Å². The molecule has 2 aliphatic heterocycles. The average molecular weight is 580 g/mol. The molecule has 1 aliphatic carbocycles. The number of likely N-dealkylation sites (tertiary alicyclic amines) is 1. The molecule has 13 heteroatoms. The molecule has 0 aromatic carbocycles. The molecule has 12 nitrogen and oxygen atoms in total. The Kier molecular flexibility index (Phi) is 9.84. The quantitative estimate of drug-likeness (QED) is 0.123. The number of rotatable bonds is 11. The Labute approximate surface area is 237 Å². The Morgan fingerprint density at radius 1 is 0.975 bits per heavy atom. The van der Waals surface area contributed by atoms with Gasteiger partial charge in [0, 0.05) is 27.3 Å². The number of nitrogens with two attached hydrogens (primary N) is 2. The summed E-state index contributed by atoms with van der Waals surface area (Å²) in [5.41, 5.74) is 9.91. The maximum Gasteiger partial charge on any atom is 0.334 e. The Balaban J connectivity index is 1.64. The fourth-order valence-electron chi connectivity index (χ4n) is 5.26. The minimum Gasteiger partial charge on any atom is -0.385 e. The zero-order chi connectivity index (χ0) is 30.0. The molecule has 3 rings (SSSR count). The molecule has 0 spiro atoms. The monoisotopic (exact) mass is 579 g/mol. The van der Waals surface area contributed by atoms with Gasteiger partial charge in [-0.15, -0.1) is 0 Å². The minimum atomic E-state index is -1.31. The van der Waals surface area contributed by atoms with Crippen molar-refractivity contribution >= 4 is 37.7 Å². The summed E-state index contributed by atoms with van der Waals surface area (Å²) in [6.07, 6.45) is 1.79. The second kappa shape index (κ2) is 12.4. The van der Waals surface area contributed by atoms with Gasteiger partial charge in [0.2, 0.25) is 5.91 Å². The molecule has 1 unspecified atom stereocenters. The van der Waals surface area contributed by atoms with E-state index < -0.39 is 55.2 Å². The molecule has 4 N–H and O–H groups in total. The van der Waals surface area contributed by atoms with Crippen molar-refractivity contribution in [2.24, 2.45) is 16.9 Å². The number of carbonyl (C=O) groups is 5. The van der Waals surface area contributed by atoms with Gasteiger partial charge in [0.15, 0.2) is 6.10 Å². The van der Waals surface area contributed by atoms with Crippen LogP contribution in [0.3, 0.4) is 0 Å². The third-order valence-corrected chi connectivity index (χ3v) is 9.55. The first-order valence-electron chi connectivity index (χ1n) is 14.2. The number of nitrogens with zero attached hydrogens (tertiary/aromatic N) is 3. The van der Waals surface area contributed by atoms with E-state index in [1.54, 1.807) is 13.8 Å². The Hall–Kier alpha value is -2.77. The van der Waals surface area contributed by atoms with Crippen LogP contribution in [0.15, 0.2) is 11.4 Å². The summed E-state index contributed by atoms with van der Waals surface area (Å²) in [6.45, 7) is 12.6. The lowest BCUT2D eigenvalue weighted by Crippen LogP contribution is -2.61. The normalized spacial score (nSPS) is 25.9. The van der Waals surface area contributed by atoms with E-state index in [4.69, 9.17) is 20.9 Å². The van der Waals surface area contributed by atoms with E-state index in [1.165, 1.54) is 0 Å². The van der Waals surface area contributed by atoms with E-state index in [-0.39, 0.29) is 30.9 Å². The maximum absolute atomic E-state index is 13.2. The molecule has 0 aromatic rings. The molecule has 0 radical (unpaired) electrons. The Morgan fingerprint density at radius 3 is 2.15 bits per heavy atom. The van der Waals surface area contributed by atoms with Crippen LogP contribution in [0.2, 0.25) is 25.7 Å². The molecule has 1 atom stereocenters. The van der Waals surface area contributed by atoms with Crippen LogP contribution >= 0.6 is 0 Å². The topological polar surface area (TPSA) is 166 Å². The third kappa shape index (κ3) is 6.57. The molecular weight excluding hydrogens is 534 g/mol. The number of amides is 6. The first-order valence-corrected chi connectivity index (χ1v) is 17.9. The number of imide groups is 3. The number of ether oxygens (including phenoxy) is 2. The lowest BCUT2D eigenvalue weighted by atomic mass is 9.87. The van der Waals surface area contributed by atoms with Gasteiger partial charge in [0.25, 0.3) is 17.7 Å². The van der Waals surface area contributed by atoms with Crippen molar-refractivity contribution in [1.82, 2.24) is 14.7 Å². The second-order valence-electron chi connectivity index (χ2n) is 12.7. The standard InChI is InChI=1S/C27H45N5O7Si/c1-7-8-13-30-22(33)19(21(28)29)23(34)32(26(30)37)17-9-11-18(12-10-17)39-20-24(35)31(25(36)27(20,2)3)16-38-14-15-40(4,5)6/h17-18,20H,7-16,28-29H2,1-6H3. The van der Waals surface area contributed by atoms with Crippen molar-refractivity contribution in [3.8, 4) is 0 Å². The summed E-state index contributed by atoms with van der Waals surface area (Å²) < 4.78 is 11.9. The summed E-state index contributed by atoms with van der Waals surface area (Å²) >= 11 is 0. The summed E-state index contributed by atoms with van der Waals surface area (Å²) in [7, 11) is -1.31. The van der Waals surface area contributed by atoms with E-state index in [9.17, 15) is 24.0 Å². The number of hydrogen-bond donors (Lipinski definition) is 2. The largest absolute Gasteiger partial charge is 0.385 e. The van der Waals surface area contributed by atoms with Crippen LogP contribution in [0, 0.1) is 5.41 Å². The highest BCUT2D eigenvalue weighted by atomic mass is 28.3. The molecule has 0 aromatic heterocycles. The third-order valence-electron chi connectivity index (χ3n) is 7.85. The van der Waals surface area contributed by atoms with Crippen LogP contribution in [0.4, 0.5) is 4.79 Å². The van der Waals surface area contributed by atoms with Crippen molar-refractivity contribution in [1.29, 1.82) is 0 Å². The highest BCUT2D eigenvalue weighted by Gasteiger charge is 2.55. The molecule has 3 aliphatic rings. The van der Waals surface area contributed by atoms with Gasteiger partial charge in [-0.25, -0.2) is 4.79 Å². The number of carbonyl (C=O) groups excluding carboxylic acids is 5. The fourth-order valence-corrected chi connectivity index (χ4v) is 6.02. The molecule has 2 heterocycles. The van der Waals surface area contributed by atoms with Crippen LogP contribution in [-0.4, -0.2) is 90.6 Å². The van der Waals surface area contributed by atoms with Gasteiger partial charge in [-0.2, -0.15) is 0 Å². The predicted octanol–water partition coefficient (Wildman–Crippen LogP) is 2.11. The Bertz CT molecular complexity index is 1060. The van der Waals surface area contributed by atoms with Crippen LogP contribution in [0.1, 0.15) is 59.3 Å². The minimum absolute atomic E-state index is 0.0925. The molecule has 40 heavy (non-hydrogen) atoms. The van der Waals surface area contributed by atoms with Crippen molar-refractivity contribution in [2.45, 2.75) is 103 Å². The molecule has 0 bridgehead atoms. The highest BCUT2D eigenvalue weighted by Crippen LogP contribution is 2.38. The number of hydrogen-bond acceptors (Lipinski definition) is 9. The van der Waals surface area contributed by atoms with Crippen LogP contribution in [0.25, 0.3) is 0 Å². The van der Waals surface area contributed by atoms with Crippen molar-refractivity contribution in [2.75, 3.05) is 19.9 Å². The van der Waals surface area contributed by atoms with E-state index in [0.29, 0.717) is 38.7 Å². The van der Waals surface area contributed by atoms with Crippen molar-refractivity contribution < 1.29 is 33.4 Å².